The molecule has 3 aromatic rings. The monoisotopic (exact) mass is 434 g/mol. The number of hydrogen-bond acceptors (Lipinski definition) is 6. The normalized spacial score (nSPS) is 14.8. The second kappa shape index (κ2) is 10.1. The number of oxazole rings is 1. The first kappa shape index (κ1) is 21.6. The molecule has 2 amide bonds. The third-order valence-corrected chi connectivity index (χ3v) is 5.39. The van der Waals surface area contributed by atoms with Crippen molar-refractivity contribution >= 4 is 12.0 Å². The molecule has 1 fully saturated rings. The fraction of sp³-hybridized carbons (Fsp3) is 0.292. The van der Waals surface area contributed by atoms with Crippen molar-refractivity contribution < 1.29 is 18.7 Å². The smallest absolute Gasteiger partial charge is 0.410 e. The first-order valence-electron chi connectivity index (χ1n) is 10.6. The number of carbonyl (C=O) groups is 2. The maximum atomic E-state index is 12.8. The maximum absolute atomic E-state index is 12.8. The number of ether oxygens (including phenoxy) is 1. The van der Waals surface area contributed by atoms with Gasteiger partial charge in [-0.2, -0.15) is 0 Å². The first-order valence-corrected chi connectivity index (χ1v) is 10.6. The molecular formula is C24H26N4O4. The van der Waals surface area contributed by atoms with E-state index in [0.29, 0.717) is 38.5 Å². The summed E-state index contributed by atoms with van der Waals surface area (Å²) < 4.78 is 10.8. The van der Waals surface area contributed by atoms with E-state index in [2.05, 4.69) is 4.98 Å². The van der Waals surface area contributed by atoms with Gasteiger partial charge in [0.05, 0.1) is 6.04 Å². The Morgan fingerprint density at radius 2 is 1.53 bits per heavy atom. The average molecular weight is 434 g/mol. The van der Waals surface area contributed by atoms with Gasteiger partial charge in [0.2, 0.25) is 5.89 Å². The molecule has 0 saturated carbocycles. The van der Waals surface area contributed by atoms with E-state index in [9.17, 15) is 9.59 Å². The molecule has 4 rings (SSSR count). The molecule has 166 valence electrons. The van der Waals surface area contributed by atoms with Gasteiger partial charge in [0.15, 0.2) is 5.69 Å². The highest BCUT2D eigenvalue weighted by molar-refractivity contribution is 5.92. The molecule has 1 aromatic heterocycles. The molecule has 8 heteroatoms. The van der Waals surface area contributed by atoms with Gasteiger partial charge in [-0.1, -0.05) is 60.7 Å². The van der Waals surface area contributed by atoms with Crippen molar-refractivity contribution in [3.63, 3.8) is 0 Å². The fourth-order valence-electron chi connectivity index (χ4n) is 3.58. The maximum Gasteiger partial charge on any atom is 0.410 e. The molecule has 0 aliphatic carbocycles. The average Bonchev–Trinajstić information content (AvgIpc) is 3.34. The predicted octanol–water partition coefficient (Wildman–Crippen LogP) is 3.01. The van der Waals surface area contributed by atoms with Gasteiger partial charge < -0.3 is 24.7 Å². The quantitative estimate of drug-likeness (QED) is 0.640. The lowest BCUT2D eigenvalue weighted by molar-refractivity contribution is 0.0539. The van der Waals surface area contributed by atoms with Crippen molar-refractivity contribution in [1.29, 1.82) is 0 Å². The summed E-state index contributed by atoms with van der Waals surface area (Å²) >= 11 is 0. The molecule has 32 heavy (non-hydrogen) atoms. The molecule has 1 saturated heterocycles. The van der Waals surface area contributed by atoms with Crippen molar-refractivity contribution in [2.75, 3.05) is 26.2 Å². The van der Waals surface area contributed by atoms with Crippen LogP contribution in [0.5, 0.6) is 0 Å². The number of nitrogens with zero attached hydrogens (tertiary/aromatic N) is 3. The molecule has 1 aliphatic rings. The van der Waals surface area contributed by atoms with Crippen molar-refractivity contribution in [2.24, 2.45) is 5.73 Å². The van der Waals surface area contributed by atoms with Crippen molar-refractivity contribution in [3.8, 4) is 0 Å². The summed E-state index contributed by atoms with van der Waals surface area (Å²) in [5.41, 5.74) is 8.43. The predicted molar refractivity (Wildman–Crippen MR) is 118 cm³/mol. The Kier molecular flexibility index (Phi) is 6.81. The Labute approximate surface area is 186 Å². The standard InChI is InChI=1S/C24H26N4O4/c25-20(15-18-7-3-1-4-8-18)22-26-21(17-31-22)23(29)27-11-13-28(14-12-27)24(30)32-16-19-9-5-2-6-10-19/h1-10,17,20H,11-16,25H2. The SMILES string of the molecule is NC(Cc1ccccc1)c1nc(C(=O)N2CCN(C(=O)OCc3ccccc3)CC2)co1. The summed E-state index contributed by atoms with van der Waals surface area (Å²) in [6, 6.07) is 18.9. The second-order valence-corrected chi connectivity index (χ2v) is 7.69. The third-order valence-electron chi connectivity index (χ3n) is 5.39. The molecular weight excluding hydrogens is 408 g/mol. The second-order valence-electron chi connectivity index (χ2n) is 7.69. The number of piperazine rings is 1. The summed E-state index contributed by atoms with van der Waals surface area (Å²) in [5.74, 6) is 0.101. The molecule has 2 heterocycles. The van der Waals surface area contributed by atoms with Crippen LogP contribution >= 0.6 is 0 Å². The van der Waals surface area contributed by atoms with Gasteiger partial charge in [-0.15, -0.1) is 0 Å². The molecule has 0 radical (unpaired) electrons. The lowest BCUT2D eigenvalue weighted by Crippen LogP contribution is -2.50. The van der Waals surface area contributed by atoms with Crippen molar-refractivity contribution in [3.05, 3.63) is 89.6 Å². The number of rotatable bonds is 6. The Morgan fingerprint density at radius 3 is 2.19 bits per heavy atom. The van der Waals surface area contributed by atoms with Crippen LogP contribution in [-0.2, 0) is 17.8 Å². The van der Waals surface area contributed by atoms with Gasteiger partial charge in [-0.25, -0.2) is 9.78 Å². The lowest BCUT2D eigenvalue weighted by atomic mass is 10.1. The first-order chi connectivity index (χ1) is 15.6. The number of carbonyl (C=O) groups excluding carboxylic acids is 2. The minimum Gasteiger partial charge on any atom is -0.446 e. The van der Waals surface area contributed by atoms with Crippen molar-refractivity contribution in [1.82, 2.24) is 14.8 Å². The number of nitrogens with two attached hydrogens (primary N) is 1. The zero-order valence-electron chi connectivity index (χ0n) is 17.7. The highest BCUT2D eigenvalue weighted by Gasteiger charge is 2.28. The van der Waals surface area contributed by atoms with E-state index in [1.165, 1.54) is 6.26 Å². The number of benzene rings is 2. The van der Waals surface area contributed by atoms with E-state index in [1.807, 2.05) is 60.7 Å². The summed E-state index contributed by atoms with van der Waals surface area (Å²) in [5, 5.41) is 0. The summed E-state index contributed by atoms with van der Waals surface area (Å²) in [6.45, 7) is 1.83. The molecule has 0 bridgehead atoms. The highest BCUT2D eigenvalue weighted by atomic mass is 16.6. The summed E-state index contributed by atoms with van der Waals surface area (Å²) in [7, 11) is 0. The van der Waals surface area contributed by atoms with Crippen LogP contribution in [0.4, 0.5) is 4.79 Å². The molecule has 1 unspecified atom stereocenters. The van der Waals surface area contributed by atoms with E-state index >= 15 is 0 Å². The van der Waals surface area contributed by atoms with Gasteiger partial charge in [0.25, 0.3) is 5.91 Å². The topological polar surface area (TPSA) is 102 Å². The fourth-order valence-corrected chi connectivity index (χ4v) is 3.58. The molecule has 1 atom stereocenters. The minimum absolute atomic E-state index is 0.226. The number of aromatic nitrogens is 1. The van der Waals surface area contributed by atoms with E-state index < -0.39 is 6.04 Å². The van der Waals surface area contributed by atoms with E-state index in [1.54, 1.807) is 9.80 Å². The Hall–Kier alpha value is -3.65. The number of hydrogen-bond donors (Lipinski definition) is 1. The summed E-state index contributed by atoms with van der Waals surface area (Å²) in [4.78, 5) is 32.7. The lowest BCUT2D eigenvalue weighted by Gasteiger charge is -2.33. The highest BCUT2D eigenvalue weighted by Crippen LogP contribution is 2.17. The molecule has 1 aliphatic heterocycles. The molecule has 8 nitrogen and oxygen atoms in total. The van der Waals surface area contributed by atoms with Crippen LogP contribution in [-0.4, -0.2) is 53.0 Å². The Morgan fingerprint density at radius 1 is 0.938 bits per heavy atom. The summed E-state index contributed by atoms with van der Waals surface area (Å²) in [6.07, 6.45) is 1.54. The molecule has 0 spiro atoms. The van der Waals surface area contributed by atoms with Crippen LogP contribution in [0.25, 0.3) is 0 Å². The minimum atomic E-state index is -0.435. The number of amides is 2. The van der Waals surface area contributed by atoms with E-state index in [-0.39, 0.29) is 24.3 Å². The van der Waals surface area contributed by atoms with Crippen LogP contribution in [0.1, 0.15) is 33.5 Å². The zero-order chi connectivity index (χ0) is 22.3. The van der Waals surface area contributed by atoms with E-state index in [4.69, 9.17) is 14.9 Å². The Bertz CT molecular complexity index is 1030. The van der Waals surface area contributed by atoms with Crippen LogP contribution < -0.4 is 5.73 Å². The van der Waals surface area contributed by atoms with Gasteiger partial charge in [0, 0.05) is 26.2 Å². The van der Waals surface area contributed by atoms with Crippen molar-refractivity contribution in [2.45, 2.75) is 19.1 Å². The van der Waals surface area contributed by atoms with Gasteiger partial charge in [-0.3, -0.25) is 4.79 Å². The van der Waals surface area contributed by atoms with Crippen LogP contribution in [0.2, 0.25) is 0 Å². The van der Waals surface area contributed by atoms with Gasteiger partial charge >= 0.3 is 6.09 Å². The van der Waals surface area contributed by atoms with Crippen LogP contribution in [0.15, 0.2) is 71.3 Å². The van der Waals surface area contributed by atoms with Crippen LogP contribution in [0.3, 0.4) is 0 Å². The molecule has 2 aromatic carbocycles. The zero-order valence-corrected chi connectivity index (χ0v) is 17.7. The van der Waals surface area contributed by atoms with Gasteiger partial charge in [0.1, 0.15) is 12.9 Å². The largest absolute Gasteiger partial charge is 0.446 e. The van der Waals surface area contributed by atoms with Gasteiger partial charge in [-0.05, 0) is 17.5 Å². The third kappa shape index (κ3) is 5.33. The Balaban J connectivity index is 1.26. The van der Waals surface area contributed by atoms with Crippen LogP contribution in [0, 0.1) is 0 Å². The van der Waals surface area contributed by atoms with E-state index in [0.717, 1.165) is 11.1 Å². The molecule has 2 N–H and O–H groups in total.